The zero-order chi connectivity index (χ0) is 11.5. The lowest BCUT2D eigenvalue weighted by Gasteiger charge is -2.38. The minimum atomic E-state index is 0.117. The lowest BCUT2D eigenvalue weighted by molar-refractivity contribution is 0.0611. The molecule has 0 spiro atoms. The molecule has 2 N–H and O–H groups in total. The predicted molar refractivity (Wildman–Crippen MR) is 62.6 cm³/mol. The van der Waals surface area contributed by atoms with E-state index in [4.69, 9.17) is 10.2 Å². The molecule has 1 fully saturated rings. The van der Waals surface area contributed by atoms with E-state index in [0.717, 1.165) is 5.92 Å². The summed E-state index contributed by atoms with van der Waals surface area (Å²) in [6.07, 6.45) is 4.86. The van der Waals surface area contributed by atoms with E-state index < -0.39 is 0 Å². The first-order valence-electron chi connectivity index (χ1n) is 6.20. The lowest BCUT2D eigenvalue weighted by atomic mass is 9.67. The summed E-state index contributed by atoms with van der Waals surface area (Å²) in [7, 11) is 0. The summed E-state index contributed by atoms with van der Waals surface area (Å²) in [6, 6.07) is 0. The first kappa shape index (κ1) is 13.0. The van der Waals surface area contributed by atoms with Gasteiger partial charge in [0.2, 0.25) is 0 Å². The van der Waals surface area contributed by atoms with E-state index in [1.54, 1.807) is 0 Å². The monoisotopic (exact) mass is 214 g/mol. The molecule has 0 aliphatic heterocycles. The van der Waals surface area contributed by atoms with Crippen molar-refractivity contribution in [3.05, 3.63) is 0 Å². The summed E-state index contributed by atoms with van der Waals surface area (Å²) in [4.78, 5) is 0. The van der Waals surface area contributed by atoms with Crippen LogP contribution >= 0.6 is 0 Å². The third kappa shape index (κ3) is 3.46. The topological polar surface area (TPSA) is 40.5 Å². The van der Waals surface area contributed by atoms with Crippen molar-refractivity contribution in [1.29, 1.82) is 0 Å². The minimum absolute atomic E-state index is 0.117. The average molecular weight is 214 g/mol. The second kappa shape index (κ2) is 5.31. The molecule has 1 rings (SSSR count). The van der Waals surface area contributed by atoms with Gasteiger partial charge in [-0.2, -0.15) is 0 Å². The highest BCUT2D eigenvalue weighted by molar-refractivity contribution is 4.82. The molecule has 1 saturated carbocycles. The Morgan fingerprint density at radius 1 is 1.00 bits per heavy atom. The maximum atomic E-state index is 9.14. The van der Waals surface area contributed by atoms with Gasteiger partial charge < -0.3 is 10.2 Å². The maximum Gasteiger partial charge on any atom is 0.0483 e. The Bertz CT molecular complexity index is 171. The van der Waals surface area contributed by atoms with Crippen LogP contribution in [0.4, 0.5) is 0 Å². The largest absolute Gasteiger partial charge is 0.396 e. The molecule has 1 aliphatic rings. The zero-order valence-corrected chi connectivity index (χ0v) is 10.4. The van der Waals surface area contributed by atoms with Crippen LogP contribution < -0.4 is 0 Å². The Balaban J connectivity index is 2.42. The van der Waals surface area contributed by atoms with Crippen molar-refractivity contribution in [3.63, 3.8) is 0 Å². The standard InChI is InChI=1S/C13H26O2/c1-13(2,3)12-6-4-10(5-7-12)11(8-14)9-15/h10-12,14-15H,4-9H2,1-3H3. The van der Waals surface area contributed by atoms with Gasteiger partial charge in [-0.3, -0.25) is 0 Å². The van der Waals surface area contributed by atoms with Crippen molar-refractivity contribution < 1.29 is 10.2 Å². The van der Waals surface area contributed by atoms with Gasteiger partial charge >= 0.3 is 0 Å². The van der Waals surface area contributed by atoms with Crippen LogP contribution in [0, 0.1) is 23.2 Å². The van der Waals surface area contributed by atoms with Crippen molar-refractivity contribution in [1.82, 2.24) is 0 Å². The fraction of sp³-hybridized carbons (Fsp3) is 1.00. The Morgan fingerprint density at radius 3 is 1.80 bits per heavy atom. The number of hydrogen-bond acceptors (Lipinski definition) is 2. The highest BCUT2D eigenvalue weighted by Crippen LogP contribution is 2.41. The molecule has 0 amide bonds. The van der Waals surface area contributed by atoms with Gasteiger partial charge in [-0.15, -0.1) is 0 Å². The number of rotatable bonds is 3. The first-order valence-corrected chi connectivity index (χ1v) is 6.20. The molecular weight excluding hydrogens is 188 g/mol. The quantitative estimate of drug-likeness (QED) is 0.757. The number of aliphatic hydroxyl groups excluding tert-OH is 2. The van der Waals surface area contributed by atoms with Gasteiger partial charge in [0.15, 0.2) is 0 Å². The van der Waals surface area contributed by atoms with Crippen LogP contribution in [0.1, 0.15) is 46.5 Å². The highest BCUT2D eigenvalue weighted by Gasteiger charge is 2.32. The van der Waals surface area contributed by atoms with Gasteiger partial charge in [0.05, 0.1) is 0 Å². The van der Waals surface area contributed by atoms with Crippen LogP contribution in [0.2, 0.25) is 0 Å². The van der Waals surface area contributed by atoms with E-state index in [9.17, 15) is 0 Å². The Labute approximate surface area is 93.7 Å². The average Bonchev–Trinajstić information content (AvgIpc) is 2.19. The number of hydrogen-bond donors (Lipinski definition) is 2. The molecule has 0 aromatic carbocycles. The van der Waals surface area contributed by atoms with Crippen LogP contribution in [-0.2, 0) is 0 Å². The normalized spacial score (nSPS) is 28.4. The van der Waals surface area contributed by atoms with Gasteiger partial charge in [-0.05, 0) is 42.9 Å². The van der Waals surface area contributed by atoms with Crippen LogP contribution in [0.5, 0.6) is 0 Å². The molecule has 0 radical (unpaired) electrons. The smallest absolute Gasteiger partial charge is 0.0483 e. The molecule has 90 valence electrons. The second-order valence-electron chi connectivity index (χ2n) is 6.10. The third-order valence-corrected chi connectivity index (χ3v) is 4.13. The summed E-state index contributed by atoms with van der Waals surface area (Å²) in [5, 5.41) is 18.3. The molecule has 0 atom stereocenters. The van der Waals surface area contributed by atoms with E-state index in [2.05, 4.69) is 20.8 Å². The van der Waals surface area contributed by atoms with Gasteiger partial charge in [-0.25, -0.2) is 0 Å². The summed E-state index contributed by atoms with van der Waals surface area (Å²) < 4.78 is 0. The zero-order valence-electron chi connectivity index (χ0n) is 10.4. The Hall–Kier alpha value is -0.0800. The summed E-state index contributed by atoms with van der Waals surface area (Å²) >= 11 is 0. The van der Waals surface area contributed by atoms with E-state index in [1.165, 1.54) is 25.7 Å². The summed E-state index contributed by atoms with van der Waals surface area (Å²) in [5.41, 5.74) is 0.416. The van der Waals surface area contributed by atoms with Crippen LogP contribution in [0.15, 0.2) is 0 Å². The fourth-order valence-corrected chi connectivity index (χ4v) is 2.81. The van der Waals surface area contributed by atoms with Gasteiger partial charge in [0, 0.05) is 19.1 Å². The Kier molecular flexibility index (Phi) is 4.60. The van der Waals surface area contributed by atoms with Crippen molar-refractivity contribution in [3.8, 4) is 0 Å². The summed E-state index contributed by atoms with van der Waals surface area (Å²) in [5.74, 6) is 1.47. The summed E-state index contributed by atoms with van der Waals surface area (Å²) in [6.45, 7) is 7.22. The molecule has 2 nitrogen and oxygen atoms in total. The first-order chi connectivity index (χ1) is 6.99. The molecule has 0 aromatic rings. The van der Waals surface area contributed by atoms with Crippen molar-refractivity contribution in [2.45, 2.75) is 46.5 Å². The molecule has 2 heteroatoms. The molecule has 15 heavy (non-hydrogen) atoms. The fourth-order valence-electron chi connectivity index (χ4n) is 2.81. The van der Waals surface area contributed by atoms with Crippen molar-refractivity contribution >= 4 is 0 Å². The SMILES string of the molecule is CC(C)(C)C1CCC(C(CO)CO)CC1. The maximum absolute atomic E-state index is 9.14. The van der Waals surface area contributed by atoms with Crippen LogP contribution in [0.25, 0.3) is 0 Å². The molecule has 0 unspecified atom stereocenters. The third-order valence-electron chi connectivity index (χ3n) is 4.13. The highest BCUT2D eigenvalue weighted by atomic mass is 16.3. The second-order valence-corrected chi connectivity index (χ2v) is 6.10. The predicted octanol–water partition coefficient (Wildman–Crippen LogP) is 2.44. The molecule has 0 aromatic heterocycles. The molecule has 0 bridgehead atoms. The van der Waals surface area contributed by atoms with E-state index in [-0.39, 0.29) is 19.1 Å². The van der Waals surface area contributed by atoms with E-state index in [0.29, 0.717) is 11.3 Å². The van der Waals surface area contributed by atoms with Crippen molar-refractivity contribution in [2.75, 3.05) is 13.2 Å². The minimum Gasteiger partial charge on any atom is -0.396 e. The molecule has 0 heterocycles. The Morgan fingerprint density at radius 2 is 1.47 bits per heavy atom. The lowest BCUT2D eigenvalue weighted by Crippen LogP contribution is -2.31. The van der Waals surface area contributed by atoms with Gasteiger partial charge in [-0.1, -0.05) is 20.8 Å². The van der Waals surface area contributed by atoms with E-state index >= 15 is 0 Å². The molecule has 1 aliphatic carbocycles. The number of aliphatic hydroxyl groups is 2. The van der Waals surface area contributed by atoms with Crippen LogP contribution in [0.3, 0.4) is 0 Å². The van der Waals surface area contributed by atoms with Gasteiger partial charge in [0.1, 0.15) is 0 Å². The molecular formula is C13H26O2. The van der Waals surface area contributed by atoms with Gasteiger partial charge in [0.25, 0.3) is 0 Å². The van der Waals surface area contributed by atoms with Crippen LogP contribution in [-0.4, -0.2) is 23.4 Å². The molecule has 0 saturated heterocycles. The van der Waals surface area contributed by atoms with E-state index in [1.807, 2.05) is 0 Å². The van der Waals surface area contributed by atoms with Crippen molar-refractivity contribution in [2.24, 2.45) is 23.2 Å².